The molecule has 0 spiro atoms. The quantitative estimate of drug-likeness (QED) is 0.511. The minimum atomic E-state index is -0.438. The highest BCUT2D eigenvalue weighted by atomic mass is 19.1. The number of aryl methyl sites for hydroxylation is 2. The molecule has 1 aliphatic heterocycles. The summed E-state index contributed by atoms with van der Waals surface area (Å²) < 4.78 is 31.3. The van der Waals surface area contributed by atoms with Gasteiger partial charge in [-0.2, -0.15) is 5.10 Å². The number of anilines is 1. The molecule has 9 heteroatoms. The first-order chi connectivity index (χ1) is 15.4. The number of nitrogens with zero attached hydrogens (tertiary/aromatic N) is 4. The summed E-state index contributed by atoms with van der Waals surface area (Å²) in [4.78, 5) is 22.0. The molecule has 4 aromatic rings. The molecule has 2 N–H and O–H groups in total. The van der Waals surface area contributed by atoms with E-state index in [4.69, 9.17) is 0 Å². The van der Waals surface area contributed by atoms with E-state index in [1.54, 1.807) is 48.2 Å². The van der Waals surface area contributed by atoms with Gasteiger partial charge in [-0.1, -0.05) is 0 Å². The van der Waals surface area contributed by atoms with Gasteiger partial charge in [0.1, 0.15) is 11.5 Å². The van der Waals surface area contributed by atoms with Gasteiger partial charge in [-0.3, -0.25) is 9.48 Å². The number of amides is 1. The molecule has 0 saturated carbocycles. The van der Waals surface area contributed by atoms with Crippen LogP contribution in [0.4, 0.5) is 14.6 Å². The van der Waals surface area contributed by atoms with Gasteiger partial charge in [0.05, 0.1) is 5.69 Å². The van der Waals surface area contributed by atoms with Gasteiger partial charge in [0, 0.05) is 61.6 Å². The van der Waals surface area contributed by atoms with Crippen LogP contribution >= 0.6 is 0 Å². The molecule has 5 rings (SSSR count). The molecule has 1 aromatic carbocycles. The van der Waals surface area contributed by atoms with Crippen molar-refractivity contribution in [3.63, 3.8) is 0 Å². The molecule has 32 heavy (non-hydrogen) atoms. The number of aromatic amines is 1. The number of H-pyrrole nitrogens is 1. The van der Waals surface area contributed by atoms with Crippen molar-refractivity contribution in [3.05, 3.63) is 65.1 Å². The zero-order valence-electron chi connectivity index (χ0n) is 17.7. The summed E-state index contributed by atoms with van der Waals surface area (Å²) in [5.41, 5.74) is 3.31. The Balaban J connectivity index is 1.49. The van der Waals surface area contributed by atoms with Gasteiger partial charge >= 0.3 is 0 Å². The zero-order chi connectivity index (χ0) is 22.4. The maximum absolute atomic E-state index is 14.9. The van der Waals surface area contributed by atoms with Gasteiger partial charge in [-0.15, -0.1) is 0 Å². The van der Waals surface area contributed by atoms with E-state index in [-0.39, 0.29) is 24.0 Å². The van der Waals surface area contributed by atoms with Crippen molar-refractivity contribution >= 4 is 22.6 Å². The van der Waals surface area contributed by atoms with Crippen LogP contribution in [0, 0.1) is 11.6 Å². The van der Waals surface area contributed by atoms with Crippen molar-refractivity contribution in [3.8, 4) is 11.3 Å². The van der Waals surface area contributed by atoms with E-state index in [0.717, 1.165) is 5.56 Å². The van der Waals surface area contributed by atoms with Gasteiger partial charge in [0.2, 0.25) is 0 Å². The third kappa shape index (κ3) is 3.39. The number of rotatable bonds is 3. The molecule has 1 aliphatic rings. The van der Waals surface area contributed by atoms with Crippen molar-refractivity contribution in [2.45, 2.75) is 19.4 Å². The largest absolute Gasteiger partial charge is 0.371 e. The molecule has 0 bridgehead atoms. The zero-order valence-corrected chi connectivity index (χ0v) is 17.7. The highest BCUT2D eigenvalue weighted by molar-refractivity contribution is 5.99. The molecule has 1 amide bonds. The van der Waals surface area contributed by atoms with Gasteiger partial charge in [0.25, 0.3) is 5.91 Å². The molecule has 0 saturated heterocycles. The Morgan fingerprint density at radius 3 is 2.84 bits per heavy atom. The molecule has 3 aromatic heterocycles. The molecular formula is C23H22F2N6O. The Morgan fingerprint density at radius 2 is 2.09 bits per heavy atom. The topological polar surface area (TPSA) is 78.8 Å². The first-order valence-electron chi connectivity index (χ1n) is 10.4. The van der Waals surface area contributed by atoms with E-state index in [1.807, 2.05) is 0 Å². The lowest BCUT2D eigenvalue weighted by Crippen LogP contribution is -2.31. The Morgan fingerprint density at radius 1 is 1.25 bits per heavy atom. The average molecular weight is 436 g/mol. The minimum absolute atomic E-state index is 0.133. The van der Waals surface area contributed by atoms with Crippen molar-refractivity contribution in [2.75, 3.05) is 18.9 Å². The fourth-order valence-electron chi connectivity index (χ4n) is 4.22. The summed E-state index contributed by atoms with van der Waals surface area (Å²) in [5.74, 6) is -1.01. The molecule has 0 radical (unpaired) electrons. The number of pyridine rings is 1. The van der Waals surface area contributed by atoms with Gasteiger partial charge in [-0.25, -0.2) is 13.8 Å². The highest BCUT2D eigenvalue weighted by Crippen LogP contribution is 2.29. The number of nitrogens with one attached hydrogen (secondary N) is 2. The maximum Gasteiger partial charge on any atom is 0.270 e. The number of hydrogen-bond donors (Lipinski definition) is 2. The highest BCUT2D eigenvalue weighted by Gasteiger charge is 2.25. The van der Waals surface area contributed by atoms with E-state index in [2.05, 4.69) is 20.4 Å². The maximum atomic E-state index is 14.9. The van der Waals surface area contributed by atoms with Crippen LogP contribution in [-0.2, 0) is 20.0 Å². The lowest BCUT2D eigenvalue weighted by molar-refractivity contribution is 0.0739. The average Bonchev–Trinajstić information content (AvgIpc) is 3.34. The van der Waals surface area contributed by atoms with Gasteiger partial charge in [-0.05, 0) is 42.7 Å². The number of benzene rings is 1. The third-order valence-corrected chi connectivity index (χ3v) is 5.88. The predicted molar refractivity (Wildman–Crippen MR) is 117 cm³/mol. The van der Waals surface area contributed by atoms with Crippen LogP contribution in [0.2, 0.25) is 0 Å². The van der Waals surface area contributed by atoms with Crippen LogP contribution in [0.15, 0.2) is 36.7 Å². The van der Waals surface area contributed by atoms with Crippen LogP contribution in [-0.4, -0.2) is 44.1 Å². The molecule has 0 aliphatic carbocycles. The lowest BCUT2D eigenvalue weighted by atomic mass is 10.1. The number of aromatic nitrogens is 4. The first kappa shape index (κ1) is 20.2. The molecule has 164 valence electrons. The summed E-state index contributed by atoms with van der Waals surface area (Å²) in [5, 5.41) is 7.38. The van der Waals surface area contributed by atoms with E-state index in [1.165, 1.54) is 12.1 Å². The third-order valence-electron chi connectivity index (χ3n) is 5.88. The summed E-state index contributed by atoms with van der Waals surface area (Å²) in [7, 11) is 3.40. The standard InChI is InChI=1S/C23H22F2N6O/c1-26-22-21(25)16-12-31(6-3-4-13(16)11-27-22)23(32)20-10-15-17(24)8-14(9-19(15)28-20)18-5-7-30(2)29-18/h5,7-11,28H,3-4,6,12H2,1-2H3,(H,26,27). The fraction of sp³-hybridized carbons (Fsp3) is 0.261. The van der Waals surface area contributed by atoms with Crippen molar-refractivity contribution < 1.29 is 13.6 Å². The summed E-state index contributed by atoms with van der Waals surface area (Å²) in [6, 6.07) is 6.51. The van der Waals surface area contributed by atoms with Crippen LogP contribution in [0.5, 0.6) is 0 Å². The first-order valence-corrected chi connectivity index (χ1v) is 10.4. The number of fused-ring (bicyclic) bond motifs is 2. The van der Waals surface area contributed by atoms with Gasteiger partial charge in [0.15, 0.2) is 11.6 Å². The second kappa shape index (κ2) is 7.74. The SMILES string of the molecule is CNc1ncc2c(c1F)CN(C(=O)c1cc3c(F)cc(-c4ccn(C)n4)cc3[nH]1)CCC2. The van der Waals surface area contributed by atoms with E-state index >= 15 is 0 Å². The predicted octanol–water partition coefficient (Wildman–Crippen LogP) is 3.87. The monoisotopic (exact) mass is 436 g/mol. The Bertz CT molecular complexity index is 1340. The van der Waals surface area contributed by atoms with E-state index < -0.39 is 11.6 Å². The molecule has 7 nitrogen and oxygen atoms in total. The van der Waals surface area contributed by atoms with Crippen LogP contribution in [0.1, 0.15) is 28.0 Å². The number of carbonyl (C=O) groups is 1. The second-order valence-electron chi connectivity index (χ2n) is 7.98. The van der Waals surface area contributed by atoms with Crippen molar-refractivity contribution in [1.82, 2.24) is 24.6 Å². The second-order valence-corrected chi connectivity index (χ2v) is 7.98. The van der Waals surface area contributed by atoms with Crippen molar-refractivity contribution in [2.24, 2.45) is 7.05 Å². The molecule has 0 fully saturated rings. The van der Waals surface area contributed by atoms with Crippen LogP contribution < -0.4 is 5.32 Å². The van der Waals surface area contributed by atoms with Crippen molar-refractivity contribution in [1.29, 1.82) is 0 Å². The normalized spacial score (nSPS) is 13.8. The molecule has 0 unspecified atom stereocenters. The summed E-state index contributed by atoms with van der Waals surface area (Å²) in [6.45, 7) is 0.604. The summed E-state index contributed by atoms with van der Waals surface area (Å²) in [6.07, 6.45) is 4.78. The number of halogens is 2. The number of carbonyl (C=O) groups excluding carboxylic acids is 1. The Labute approximate surface area is 183 Å². The minimum Gasteiger partial charge on any atom is -0.371 e. The number of hydrogen-bond acceptors (Lipinski definition) is 4. The van der Waals surface area contributed by atoms with Crippen LogP contribution in [0.3, 0.4) is 0 Å². The Kier molecular flexibility index (Phi) is 4.88. The van der Waals surface area contributed by atoms with Crippen LogP contribution in [0.25, 0.3) is 22.2 Å². The van der Waals surface area contributed by atoms with E-state index in [0.29, 0.717) is 47.1 Å². The lowest BCUT2D eigenvalue weighted by Gasteiger charge is -2.20. The fourth-order valence-corrected chi connectivity index (χ4v) is 4.22. The van der Waals surface area contributed by atoms with Gasteiger partial charge < -0.3 is 15.2 Å². The Hall–Kier alpha value is -3.75. The van der Waals surface area contributed by atoms with E-state index in [9.17, 15) is 13.6 Å². The molecule has 0 atom stereocenters. The summed E-state index contributed by atoms with van der Waals surface area (Å²) >= 11 is 0. The smallest absolute Gasteiger partial charge is 0.270 e. The molecular weight excluding hydrogens is 414 g/mol. The molecule has 4 heterocycles.